The lowest BCUT2D eigenvalue weighted by atomic mass is 10.2. The number of hydrogen-bond acceptors (Lipinski definition) is 7. The number of benzene rings is 1. The Labute approximate surface area is 228 Å². The molecule has 1 atom stereocenters. The van der Waals surface area contributed by atoms with Gasteiger partial charge in [0.05, 0.1) is 11.5 Å². The molecule has 0 N–H and O–H groups in total. The smallest absolute Gasteiger partial charge is 0.350 e. The van der Waals surface area contributed by atoms with Crippen LogP contribution in [0.15, 0.2) is 58.5 Å². The molecule has 0 spiro atoms. The first-order chi connectivity index (χ1) is 16.9. The quantitative estimate of drug-likeness (QED) is 0.106. The molecule has 0 aliphatic heterocycles. The highest BCUT2D eigenvalue weighted by molar-refractivity contribution is 7.96. The van der Waals surface area contributed by atoms with Gasteiger partial charge in [0.15, 0.2) is 21.5 Å². The molecule has 37 heavy (non-hydrogen) atoms. The molecule has 1 unspecified atom stereocenters. The van der Waals surface area contributed by atoms with E-state index >= 15 is 0 Å². The Morgan fingerprint density at radius 2 is 1.46 bits per heavy atom. The number of carbonyl (C=O) groups excluding carboxylic acids is 1. The van der Waals surface area contributed by atoms with Gasteiger partial charge >= 0.3 is 14.5 Å². The van der Waals surface area contributed by atoms with Crippen LogP contribution < -0.4 is 0 Å². The lowest BCUT2D eigenvalue weighted by Gasteiger charge is -2.39. The van der Waals surface area contributed by atoms with Crippen molar-refractivity contribution in [2.45, 2.75) is 77.5 Å². The molecule has 0 aromatic heterocycles. The van der Waals surface area contributed by atoms with Gasteiger partial charge in [0, 0.05) is 13.1 Å². The first-order valence-electron chi connectivity index (χ1n) is 12.9. The fraction of sp³-hybridized carbons (Fsp3) is 0.577. The number of hydrogen-bond donors (Lipinski definition) is 0. The molecule has 1 aromatic rings. The monoisotopic (exact) mass is 585 g/mol. The molecule has 0 radical (unpaired) electrons. The molecule has 0 saturated heterocycles. The van der Waals surface area contributed by atoms with Gasteiger partial charge in [-0.25, -0.2) is 13.2 Å². The van der Waals surface area contributed by atoms with E-state index in [4.69, 9.17) is 13.0 Å². The van der Waals surface area contributed by atoms with Gasteiger partial charge in [-0.3, -0.25) is 0 Å². The summed E-state index contributed by atoms with van der Waals surface area (Å²) in [5, 5.41) is 0. The second-order valence-electron chi connectivity index (χ2n) is 11.4. The van der Waals surface area contributed by atoms with Gasteiger partial charge in [-0.05, 0) is 102 Å². The number of nitrogens with zero attached hydrogens (tertiary/aromatic N) is 1. The standard InChI is InChI=1S/C26H47NO6SSi3/c1-11-27(12-2)20-16-19-25(34(29,30)24-17-14-13-15-18-24)26(28)31-21-23(3)22-37(10,32-35(4,5)6)33-36(7,8)9/h13-20,23H,11-12,21-22H2,1-10H3. The fourth-order valence-corrected chi connectivity index (χ4v) is 18.3. The van der Waals surface area contributed by atoms with Crippen LogP contribution in [-0.4, -0.2) is 64.2 Å². The van der Waals surface area contributed by atoms with Crippen molar-refractivity contribution in [2.75, 3.05) is 19.7 Å². The third kappa shape index (κ3) is 12.3. The van der Waals surface area contributed by atoms with Crippen molar-refractivity contribution in [3.8, 4) is 0 Å². The lowest BCUT2D eigenvalue weighted by Crippen LogP contribution is -2.53. The van der Waals surface area contributed by atoms with Crippen LogP contribution in [0.25, 0.3) is 0 Å². The highest BCUT2D eigenvalue weighted by Gasteiger charge is 2.41. The first kappa shape index (κ1) is 33.5. The number of ether oxygens (including phenoxy) is 1. The van der Waals surface area contributed by atoms with Gasteiger partial charge in [-0.2, -0.15) is 0 Å². The van der Waals surface area contributed by atoms with Crippen LogP contribution in [-0.2, 0) is 27.6 Å². The van der Waals surface area contributed by atoms with E-state index in [1.165, 1.54) is 18.2 Å². The van der Waals surface area contributed by atoms with Crippen molar-refractivity contribution < 1.29 is 26.2 Å². The Kier molecular flexibility index (Phi) is 12.7. The third-order valence-electron chi connectivity index (χ3n) is 5.16. The summed E-state index contributed by atoms with van der Waals surface area (Å²) in [4.78, 5) is 14.8. The zero-order chi connectivity index (χ0) is 28.5. The highest BCUT2D eigenvalue weighted by atomic mass is 32.2. The molecule has 0 heterocycles. The minimum Gasteiger partial charge on any atom is -0.461 e. The molecule has 210 valence electrons. The minimum atomic E-state index is -4.06. The summed E-state index contributed by atoms with van der Waals surface area (Å²) in [6, 6.07) is 8.60. The predicted octanol–water partition coefficient (Wildman–Crippen LogP) is 6.15. The van der Waals surface area contributed by atoms with Crippen LogP contribution in [0.2, 0.25) is 51.9 Å². The van der Waals surface area contributed by atoms with Gasteiger partial charge in [-0.15, -0.1) is 0 Å². The van der Waals surface area contributed by atoms with Crippen LogP contribution in [0.5, 0.6) is 0 Å². The molecule has 0 aliphatic rings. The molecule has 1 rings (SSSR count). The molecular weight excluding hydrogens is 539 g/mol. The van der Waals surface area contributed by atoms with E-state index in [0.717, 1.165) is 13.1 Å². The maximum absolute atomic E-state index is 13.3. The first-order valence-corrected chi connectivity index (χ1v) is 23.7. The largest absolute Gasteiger partial charge is 0.461 e. The second-order valence-corrected chi connectivity index (χ2v) is 26.1. The Balaban J connectivity index is 3.15. The van der Waals surface area contributed by atoms with Crippen LogP contribution in [0, 0.1) is 5.92 Å². The molecule has 0 amide bonds. The van der Waals surface area contributed by atoms with Gasteiger partial charge in [0.1, 0.15) is 0 Å². The zero-order valence-corrected chi connectivity index (χ0v) is 28.1. The van der Waals surface area contributed by atoms with E-state index in [-0.39, 0.29) is 22.3 Å². The van der Waals surface area contributed by atoms with Crippen LogP contribution in [0.1, 0.15) is 20.8 Å². The third-order valence-corrected chi connectivity index (χ3v) is 16.7. The zero-order valence-electron chi connectivity index (χ0n) is 24.3. The summed E-state index contributed by atoms with van der Waals surface area (Å²) in [5.41, 5.74) is 0. The molecule has 1 aromatic carbocycles. The van der Waals surface area contributed by atoms with Crippen molar-refractivity contribution >= 4 is 41.0 Å². The number of allylic oxidation sites excluding steroid dienone is 2. The Bertz CT molecular complexity index is 1010. The highest BCUT2D eigenvalue weighted by Crippen LogP contribution is 2.28. The summed E-state index contributed by atoms with van der Waals surface area (Å²) >= 11 is 0. The van der Waals surface area contributed by atoms with Crippen molar-refractivity contribution in [2.24, 2.45) is 5.92 Å². The summed E-state index contributed by atoms with van der Waals surface area (Å²) in [6.07, 6.45) is 4.69. The SMILES string of the molecule is CCN(C=CC=C(C(=O)OCC(C)C[Si](C)(O[Si](C)(C)C)O[Si](C)(C)C)S(=O)(=O)c1ccccc1)CC. The predicted molar refractivity (Wildman–Crippen MR) is 159 cm³/mol. The van der Waals surface area contributed by atoms with Crippen molar-refractivity contribution in [3.63, 3.8) is 0 Å². The van der Waals surface area contributed by atoms with Crippen molar-refractivity contribution in [3.05, 3.63) is 53.6 Å². The van der Waals surface area contributed by atoms with E-state index in [2.05, 4.69) is 45.8 Å². The summed E-state index contributed by atoms with van der Waals surface area (Å²) in [5.74, 6) is -0.916. The molecule has 0 bridgehead atoms. The average molecular weight is 586 g/mol. The maximum atomic E-state index is 13.3. The van der Waals surface area contributed by atoms with Crippen LogP contribution in [0.3, 0.4) is 0 Å². The van der Waals surface area contributed by atoms with E-state index in [1.54, 1.807) is 30.5 Å². The van der Waals surface area contributed by atoms with Gasteiger partial charge in [0.2, 0.25) is 9.84 Å². The number of sulfone groups is 1. The van der Waals surface area contributed by atoms with Crippen LogP contribution in [0.4, 0.5) is 0 Å². The number of carbonyl (C=O) groups is 1. The summed E-state index contributed by atoms with van der Waals surface area (Å²) < 4.78 is 45.4. The van der Waals surface area contributed by atoms with Crippen molar-refractivity contribution in [1.29, 1.82) is 0 Å². The Morgan fingerprint density at radius 3 is 1.92 bits per heavy atom. The maximum Gasteiger partial charge on any atom is 0.350 e. The molecule has 0 aliphatic carbocycles. The Morgan fingerprint density at radius 1 is 0.946 bits per heavy atom. The normalized spacial score (nSPS) is 14.6. The van der Waals surface area contributed by atoms with E-state index in [0.29, 0.717) is 6.04 Å². The van der Waals surface area contributed by atoms with Gasteiger partial charge < -0.3 is 17.9 Å². The molecule has 7 nitrogen and oxygen atoms in total. The number of esters is 1. The van der Waals surface area contributed by atoms with Gasteiger partial charge in [0.25, 0.3) is 0 Å². The van der Waals surface area contributed by atoms with E-state index in [1.807, 2.05) is 25.7 Å². The summed E-state index contributed by atoms with van der Waals surface area (Å²) in [7, 11) is -10.3. The fourth-order valence-electron chi connectivity index (χ4n) is 4.06. The van der Waals surface area contributed by atoms with Crippen LogP contribution >= 0.6 is 0 Å². The molecule has 0 saturated carbocycles. The minimum absolute atomic E-state index is 0.0505. The topological polar surface area (TPSA) is 82.1 Å². The van der Waals surface area contributed by atoms with E-state index < -0.39 is 41.0 Å². The van der Waals surface area contributed by atoms with E-state index in [9.17, 15) is 13.2 Å². The average Bonchev–Trinajstić information content (AvgIpc) is 2.75. The molecular formula is C26H47NO6SSi3. The second kappa shape index (κ2) is 14.0. The van der Waals surface area contributed by atoms with Gasteiger partial charge in [-0.1, -0.05) is 25.1 Å². The summed E-state index contributed by atoms with van der Waals surface area (Å²) in [6.45, 7) is 22.6. The van der Waals surface area contributed by atoms with Crippen molar-refractivity contribution in [1.82, 2.24) is 4.90 Å². The number of rotatable bonds is 15. The molecule has 0 fully saturated rings. The lowest BCUT2D eigenvalue weighted by molar-refractivity contribution is -0.139. The molecule has 11 heteroatoms. The Hall–Kier alpha value is -1.51.